The van der Waals surface area contributed by atoms with Crippen LogP contribution in [0.4, 0.5) is 4.79 Å². The molecule has 0 saturated carbocycles. The number of urea groups is 1. The fourth-order valence-electron chi connectivity index (χ4n) is 2.17. The van der Waals surface area contributed by atoms with E-state index in [0.29, 0.717) is 19.6 Å². The van der Waals surface area contributed by atoms with Crippen LogP contribution < -0.4 is 0 Å². The molecule has 0 radical (unpaired) electrons. The largest absolute Gasteiger partial charge is 0.392 e. The molecule has 1 aliphatic rings. The van der Waals surface area contributed by atoms with Gasteiger partial charge in [-0.1, -0.05) is 48.6 Å². The molecule has 0 atom stereocenters. The van der Waals surface area contributed by atoms with Crippen molar-refractivity contribution in [3.8, 4) is 0 Å². The third-order valence-corrected chi connectivity index (χ3v) is 3.34. The molecule has 0 aromatic heterocycles. The van der Waals surface area contributed by atoms with Gasteiger partial charge in [0.25, 0.3) is 0 Å². The predicted octanol–water partition coefficient (Wildman–Crippen LogP) is 2.16. The maximum atomic E-state index is 12.4. The Kier molecular flexibility index (Phi) is 4.96. The zero-order chi connectivity index (χ0) is 14.4. The Labute approximate surface area is 119 Å². The van der Waals surface area contributed by atoms with Gasteiger partial charge < -0.3 is 14.9 Å². The summed E-state index contributed by atoms with van der Waals surface area (Å²) < 4.78 is 0. The molecule has 2 amide bonds. The maximum Gasteiger partial charge on any atom is 0.320 e. The fourth-order valence-corrected chi connectivity index (χ4v) is 2.17. The summed E-state index contributed by atoms with van der Waals surface area (Å²) in [5, 5.41) is 9.37. The molecule has 0 unspecified atom stereocenters. The number of carbonyl (C=O) groups excluding carboxylic acids is 1. The first-order valence-corrected chi connectivity index (χ1v) is 6.71. The third-order valence-electron chi connectivity index (χ3n) is 3.34. The van der Waals surface area contributed by atoms with Gasteiger partial charge in [-0.2, -0.15) is 0 Å². The minimum absolute atomic E-state index is 0.00561. The average Bonchev–Trinajstić information content (AvgIpc) is 2.54. The first-order chi connectivity index (χ1) is 9.72. The van der Waals surface area contributed by atoms with Crippen LogP contribution >= 0.6 is 0 Å². The van der Waals surface area contributed by atoms with E-state index in [4.69, 9.17) is 0 Å². The lowest BCUT2D eigenvalue weighted by Gasteiger charge is -2.27. The smallest absolute Gasteiger partial charge is 0.320 e. The van der Waals surface area contributed by atoms with E-state index in [1.54, 1.807) is 16.8 Å². The van der Waals surface area contributed by atoms with Gasteiger partial charge in [-0.05, 0) is 11.1 Å². The molecule has 0 saturated heterocycles. The summed E-state index contributed by atoms with van der Waals surface area (Å²) in [7, 11) is 1.79. The van der Waals surface area contributed by atoms with Crippen LogP contribution in [0.5, 0.6) is 0 Å². The Morgan fingerprint density at radius 2 is 1.75 bits per heavy atom. The molecular formula is C16H20N2O2. The molecule has 1 N–H and O–H groups in total. The quantitative estimate of drug-likeness (QED) is 0.916. The number of hydrogen-bond acceptors (Lipinski definition) is 2. The number of rotatable bonds is 3. The first kappa shape index (κ1) is 14.3. The van der Waals surface area contributed by atoms with Crippen molar-refractivity contribution in [2.45, 2.75) is 13.2 Å². The lowest BCUT2D eigenvalue weighted by atomic mass is 10.1. The molecule has 20 heavy (non-hydrogen) atoms. The van der Waals surface area contributed by atoms with Gasteiger partial charge in [0.15, 0.2) is 0 Å². The third kappa shape index (κ3) is 3.48. The summed E-state index contributed by atoms with van der Waals surface area (Å²) in [5.74, 6) is 0. The van der Waals surface area contributed by atoms with Crippen LogP contribution in [-0.2, 0) is 13.2 Å². The summed E-state index contributed by atoms with van der Waals surface area (Å²) in [5.41, 5.74) is 1.85. The van der Waals surface area contributed by atoms with Crippen molar-refractivity contribution in [2.24, 2.45) is 0 Å². The van der Waals surface area contributed by atoms with Crippen LogP contribution in [-0.4, -0.2) is 41.1 Å². The van der Waals surface area contributed by atoms with E-state index >= 15 is 0 Å². The number of amides is 2. The lowest BCUT2D eigenvalue weighted by Crippen LogP contribution is -2.40. The van der Waals surface area contributed by atoms with Crippen molar-refractivity contribution >= 4 is 6.03 Å². The van der Waals surface area contributed by atoms with Crippen molar-refractivity contribution in [1.82, 2.24) is 9.80 Å². The van der Waals surface area contributed by atoms with Gasteiger partial charge in [0.05, 0.1) is 6.61 Å². The highest BCUT2D eigenvalue weighted by molar-refractivity contribution is 5.74. The molecule has 2 rings (SSSR count). The van der Waals surface area contributed by atoms with Crippen molar-refractivity contribution < 1.29 is 9.90 Å². The monoisotopic (exact) mass is 272 g/mol. The molecule has 1 aromatic carbocycles. The Morgan fingerprint density at radius 3 is 2.45 bits per heavy atom. The Hall–Kier alpha value is -2.07. The predicted molar refractivity (Wildman–Crippen MR) is 79.1 cm³/mol. The lowest BCUT2D eigenvalue weighted by molar-refractivity contribution is 0.169. The van der Waals surface area contributed by atoms with Gasteiger partial charge in [-0.3, -0.25) is 0 Å². The Morgan fingerprint density at radius 1 is 1.10 bits per heavy atom. The summed E-state index contributed by atoms with van der Waals surface area (Å²) in [6.45, 7) is 1.66. The van der Waals surface area contributed by atoms with Gasteiger partial charge >= 0.3 is 6.03 Å². The summed E-state index contributed by atoms with van der Waals surface area (Å²) in [6.07, 6.45) is 7.83. The van der Waals surface area contributed by atoms with Crippen molar-refractivity contribution in [2.75, 3.05) is 20.1 Å². The van der Waals surface area contributed by atoms with E-state index in [1.165, 1.54) is 0 Å². The molecule has 1 aliphatic heterocycles. The summed E-state index contributed by atoms with van der Waals surface area (Å²) in [4.78, 5) is 15.8. The molecule has 4 heteroatoms. The van der Waals surface area contributed by atoms with E-state index in [-0.39, 0.29) is 12.6 Å². The number of benzene rings is 1. The van der Waals surface area contributed by atoms with E-state index < -0.39 is 0 Å². The fraction of sp³-hybridized carbons (Fsp3) is 0.312. The average molecular weight is 272 g/mol. The number of likely N-dealkylation sites (N-methyl/N-ethyl adjacent to an activating group) is 1. The van der Waals surface area contributed by atoms with Crippen LogP contribution in [0.3, 0.4) is 0 Å². The van der Waals surface area contributed by atoms with Crippen molar-refractivity contribution in [3.05, 3.63) is 59.7 Å². The minimum atomic E-state index is -0.00849. The zero-order valence-electron chi connectivity index (χ0n) is 11.7. The van der Waals surface area contributed by atoms with Crippen LogP contribution in [0.25, 0.3) is 0 Å². The molecule has 0 spiro atoms. The molecule has 106 valence electrons. The Bertz CT molecular complexity index is 523. The first-order valence-electron chi connectivity index (χ1n) is 6.71. The number of aliphatic hydroxyl groups is 1. The maximum absolute atomic E-state index is 12.4. The normalized spacial score (nSPS) is 19.2. The number of carbonyl (C=O) groups is 1. The topological polar surface area (TPSA) is 43.8 Å². The highest BCUT2D eigenvalue weighted by atomic mass is 16.3. The zero-order valence-corrected chi connectivity index (χ0v) is 11.7. The summed E-state index contributed by atoms with van der Waals surface area (Å²) in [6, 6.07) is 7.65. The molecule has 0 bridgehead atoms. The van der Waals surface area contributed by atoms with Gasteiger partial charge in [0.2, 0.25) is 0 Å². The van der Waals surface area contributed by atoms with Crippen molar-refractivity contribution in [3.63, 3.8) is 0 Å². The molecule has 1 aromatic rings. The standard InChI is InChI=1S/C16H20N2O2/c1-17-10-6-2-3-7-11-18(16(17)20)12-14-8-4-5-9-15(14)13-19/h2-9,19H,10-13H2,1H3/b6-2-,7-3-. The van der Waals surface area contributed by atoms with E-state index in [2.05, 4.69) is 0 Å². The minimum Gasteiger partial charge on any atom is -0.392 e. The molecular weight excluding hydrogens is 252 g/mol. The van der Waals surface area contributed by atoms with Crippen LogP contribution in [0.2, 0.25) is 0 Å². The van der Waals surface area contributed by atoms with Gasteiger partial charge in [-0.25, -0.2) is 4.79 Å². The van der Waals surface area contributed by atoms with E-state index in [9.17, 15) is 9.90 Å². The number of aliphatic hydroxyl groups excluding tert-OH is 1. The highest BCUT2D eigenvalue weighted by Crippen LogP contribution is 2.13. The van der Waals surface area contributed by atoms with E-state index in [1.807, 2.05) is 48.6 Å². The van der Waals surface area contributed by atoms with Gasteiger partial charge in [0, 0.05) is 26.7 Å². The molecule has 0 fully saturated rings. The van der Waals surface area contributed by atoms with Gasteiger partial charge in [0.1, 0.15) is 0 Å². The van der Waals surface area contributed by atoms with E-state index in [0.717, 1.165) is 11.1 Å². The number of nitrogens with zero attached hydrogens (tertiary/aromatic N) is 2. The SMILES string of the molecule is CN1C/C=C\C=C/CN(Cc2ccccc2CO)C1=O. The second-order valence-electron chi connectivity index (χ2n) is 4.83. The molecule has 1 heterocycles. The van der Waals surface area contributed by atoms with Crippen LogP contribution in [0, 0.1) is 0 Å². The van der Waals surface area contributed by atoms with Gasteiger partial charge in [-0.15, -0.1) is 0 Å². The second-order valence-corrected chi connectivity index (χ2v) is 4.83. The number of hydrogen-bond donors (Lipinski definition) is 1. The molecule has 4 nitrogen and oxygen atoms in total. The van der Waals surface area contributed by atoms with Crippen molar-refractivity contribution in [1.29, 1.82) is 0 Å². The molecule has 0 aliphatic carbocycles. The number of allylic oxidation sites excluding steroid dienone is 2. The second kappa shape index (κ2) is 6.91. The van der Waals surface area contributed by atoms with Crippen LogP contribution in [0.1, 0.15) is 11.1 Å². The van der Waals surface area contributed by atoms with Crippen LogP contribution in [0.15, 0.2) is 48.6 Å². The Balaban J connectivity index is 2.18. The summed E-state index contributed by atoms with van der Waals surface area (Å²) >= 11 is 0. The highest BCUT2D eigenvalue weighted by Gasteiger charge is 2.17.